The van der Waals surface area contributed by atoms with Gasteiger partial charge >= 0.3 is 0 Å². The minimum Gasteiger partial charge on any atom is -0.396 e. The van der Waals surface area contributed by atoms with Gasteiger partial charge in [-0.15, -0.1) is 0 Å². The molecule has 0 fully saturated rings. The van der Waals surface area contributed by atoms with Gasteiger partial charge in [-0.25, -0.2) is 0 Å². The van der Waals surface area contributed by atoms with Crippen molar-refractivity contribution in [3.05, 3.63) is 0 Å². The van der Waals surface area contributed by atoms with Crippen molar-refractivity contribution < 1.29 is 19.9 Å². The molecule has 5 heteroatoms. The number of hydrogen-bond acceptors (Lipinski definition) is 5. The average Bonchev–Trinajstić information content (AvgIpc) is 2.36. The van der Waals surface area contributed by atoms with Crippen LogP contribution < -0.4 is 0 Å². The Kier molecular flexibility index (Phi) is 13.7. The Bertz CT molecular complexity index is 132. The minimum atomic E-state index is 0.249. The molecule has 0 spiro atoms. The molecule has 0 aromatic rings. The van der Waals surface area contributed by atoms with Crippen molar-refractivity contribution in [2.75, 3.05) is 33.0 Å². The molecule has 0 aliphatic carbocycles. The summed E-state index contributed by atoms with van der Waals surface area (Å²) in [5.74, 6) is 0. The minimum absolute atomic E-state index is 0.249. The Labute approximate surface area is 104 Å². The summed E-state index contributed by atoms with van der Waals surface area (Å²) in [5, 5.41) is 18.7. The van der Waals surface area contributed by atoms with Crippen LogP contribution >= 0.6 is 0 Å². The number of aliphatic hydroxyl groups is 2. The van der Waals surface area contributed by atoms with Gasteiger partial charge in [-0.1, -0.05) is 5.23 Å². The normalized spacial score (nSPS) is 11.3. The topological polar surface area (TPSA) is 62.2 Å². The van der Waals surface area contributed by atoms with Gasteiger partial charge in [0.1, 0.15) is 0 Å². The van der Waals surface area contributed by atoms with E-state index in [9.17, 15) is 0 Å². The first-order valence-corrected chi connectivity index (χ1v) is 6.60. The lowest BCUT2D eigenvalue weighted by Gasteiger charge is -2.19. The molecule has 0 saturated heterocycles. The third-order valence-corrected chi connectivity index (χ3v) is 2.33. The van der Waals surface area contributed by atoms with Gasteiger partial charge in [-0.05, 0) is 45.4 Å². The molecule has 0 aliphatic rings. The molecule has 0 aromatic heterocycles. The third kappa shape index (κ3) is 12.1. The van der Waals surface area contributed by atoms with E-state index in [-0.39, 0.29) is 13.2 Å². The maximum absolute atomic E-state index is 8.61. The van der Waals surface area contributed by atoms with Crippen molar-refractivity contribution in [2.24, 2.45) is 0 Å². The molecule has 0 aliphatic heterocycles. The standard InChI is InChI=1S/C12H27NO4/c1-2-13(16-11-7-3-5-9-14)17-12-8-4-6-10-15/h14-15H,2-12H2,1H3. The summed E-state index contributed by atoms with van der Waals surface area (Å²) in [6.07, 6.45) is 5.49. The Morgan fingerprint density at radius 1 is 0.765 bits per heavy atom. The van der Waals surface area contributed by atoms with Crippen LogP contribution in [0.2, 0.25) is 0 Å². The zero-order chi connectivity index (χ0) is 12.8. The van der Waals surface area contributed by atoms with Gasteiger partial charge in [0.15, 0.2) is 0 Å². The highest BCUT2D eigenvalue weighted by Gasteiger charge is 2.02. The second kappa shape index (κ2) is 13.9. The van der Waals surface area contributed by atoms with Crippen LogP contribution in [0.1, 0.15) is 45.4 Å². The lowest BCUT2D eigenvalue weighted by molar-refractivity contribution is -0.366. The van der Waals surface area contributed by atoms with Gasteiger partial charge in [0, 0.05) is 19.8 Å². The van der Waals surface area contributed by atoms with Crippen LogP contribution in [0.5, 0.6) is 0 Å². The monoisotopic (exact) mass is 249 g/mol. The summed E-state index contributed by atoms with van der Waals surface area (Å²) >= 11 is 0. The Balaban J connectivity index is 3.30. The van der Waals surface area contributed by atoms with Gasteiger partial charge in [0.05, 0.1) is 13.2 Å². The largest absolute Gasteiger partial charge is 0.396 e. The van der Waals surface area contributed by atoms with Crippen LogP contribution in [0.15, 0.2) is 0 Å². The fourth-order valence-electron chi connectivity index (χ4n) is 1.33. The fourth-order valence-corrected chi connectivity index (χ4v) is 1.33. The van der Waals surface area contributed by atoms with E-state index in [1.54, 1.807) is 0 Å². The summed E-state index contributed by atoms with van der Waals surface area (Å²) < 4.78 is 0. The number of hydrogen-bond donors (Lipinski definition) is 2. The first-order valence-electron chi connectivity index (χ1n) is 6.60. The Morgan fingerprint density at radius 2 is 1.24 bits per heavy atom. The van der Waals surface area contributed by atoms with Gasteiger partial charge in [0.2, 0.25) is 0 Å². The first kappa shape index (κ1) is 16.8. The van der Waals surface area contributed by atoms with E-state index in [4.69, 9.17) is 19.9 Å². The van der Waals surface area contributed by atoms with Gasteiger partial charge < -0.3 is 10.2 Å². The molecule has 0 rings (SSSR count). The van der Waals surface area contributed by atoms with Crippen molar-refractivity contribution >= 4 is 0 Å². The molecule has 0 amide bonds. The van der Waals surface area contributed by atoms with Crippen molar-refractivity contribution in [1.82, 2.24) is 5.23 Å². The summed E-state index contributed by atoms with van der Waals surface area (Å²) in [6, 6.07) is 0. The van der Waals surface area contributed by atoms with Crippen molar-refractivity contribution in [3.63, 3.8) is 0 Å². The van der Waals surface area contributed by atoms with Crippen LogP contribution in [0.3, 0.4) is 0 Å². The van der Waals surface area contributed by atoms with E-state index in [2.05, 4.69) is 0 Å². The molecule has 0 unspecified atom stereocenters. The summed E-state index contributed by atoms with van der Waals surface area (Å²) in [6.45, 7) is 4.42. The van der Waals surface area contributed by atoms with Crippen LogP contribution in [0, 0.1) is 0 Å². The van der Waals surface area contributed by atoms with E-state index >= 15 is 0 Å². The fraction of sp³-hybridized carbons (Fsp3) is 1.00. The molecule has 0 atom stereocenters. The van der Waals surface area contributed by atoms with Crippen molar-refractivity contribution in [1.29, 1.82) is 0 Å². The Morgan fingerprint density at radius 3 is 1.59 bits per heavy atom. The zero-order valence-corrected chi connectivity index (χ0v) is 10.9. The van der Waals surface area contributed by atoms with Crippen LogP contribution in [-0.4, -0.2) is 48.4 Å². The number of unbranched alkanes of at least 4 members (excludes halogenated alkanes) is 4. The number of rotatable bonds is 13. The quantitative estimate of drug-likeness (QED) is 0.382. The number of nitrogens with zero attached hydrogens (tertiary/aromatic N) is 1. The van der Waals surface area contributed by atoms with Crippen LogP contribution in [-0.2, 0) is 9.68 Å². The Hall–Kier alpha value is -0.200. The predicted molar refractivity (Wildman–Crippen MR) is 66.2 cm³/mol. The molecule has 0 heterocycles. The summed E-state index contributed by atoms with van der Waals surface area (Å²) in [5.41, 5.74) is 0. The van der Waals surface area contributed by atoms with E-state index in [0.717, 1.165) is 38.5 Å². The molecule has 17 heavy (non-hydrogen) atoms. The van der Waals surface area contributed by atoms with E-state index in [1.165, 1.54) is 5.23 Å². The number of aliphatic hydroxyl groups excluding tert-OH is 2. The molecule has 104 valence electrons. The lowest BCUT2D eigenvalue weighted by Crippen LogP contribution is -2.25. The van der Waals surface area contributed by atoms with Crippen LogP contribution in [0.25, 0.3) is 0 Å². The van der Waals surface area contributed by atoms with Gasteiger partial charge in [-0.3, -0.25) is 9.68 Å². The second-order valence-corrected chi connectivity index (χ2v) is 3.88. The number of hydroxylamine groups is 2. The maximum atomic E-state index is 8.61. The zero-order valence-electron chi connectivity index (χ0n) is 10.9. The predicted octanol–water partition coefficient (Wildman–Crippen LogP) is 1.50. The van der Waals surface area contributed by atoms with Crippen molar-refractivity contribution in [3.8, 4) is 0 Å². The molecule has 0 aromatic carbocycles. The maximum Gasteiger partial charge on any atom is 0.0711 e. The van der Waals surface area contributed by atoms with E-state index in [1.807, 2.05) is 6.92 Å². The highest BCUT2D eigenvalue weighted by molar-refractivity contribution is 4.39. The van der Waals surface area contributed by atoms with Crippen LogP contribution in [0.4, 0.5) is 0 Å². The third-order valence-electron chi connectivity index (χ3n) is 2.33. The van der Waals surface area contributed by atoms with E-state index in [0.29, 0.717) is 19.8 Å². The molecule has 0 bridgehead atoms. The van der Waals surface area contributed by atoms with Gasteiger partial charge in [0.25, 0.3) is 0 Å². The second-order valence-electron chi connectivity index (χ2n) is 3.88. The van der Waals surface area contributed by atoms with E-state index < -0.39 is 0 Å². The molecule has 2 N–H and O–H groups in total. The molecular weight excluding hydrogens is 222 g/mol. The van der Waals surface area contributed by atoms with Gasteiger partial charge in [-0.2, -0.15) is 0 Å². The average molecular weight is 249 g/mol. The molecule has 5 nitrogen and oxygen atoms in total. The molecule has 0 radical (unpaired) electrons. The SMILES string of the molecule is CCN(OCCCCCO)OCCCCCO. The summed E-state index contributed by atoms with van der Waals surface area (Å²) in [7, 11) is 0. The first-order chi connectivity index (χ1) is 8.35. The lowest BCUT2D eigenvalue weighted by atomic mass is 10.2. The smallest absolute Gasteiger partial charge is 0.0711 e. The molecule has 0 saturated carbocycles. The summed E-state index contributed by atoms with van der Waals surface area (Å²) in [4.78, 5) is 10.8. The van der Waals surface area contributed by atoms with Crippen molar-refractivity contribution in [2.45, 2.75) is 45.4 Å². The highest BCUT2D eigenvalue weighted by Crippen LogP contribution is 2.01. The molecular formula is C12H27NO4. The highest BCUT2D eigenvalue weighted by atomic mass is 16.9.